The third-order valence-corrected chi connectivity index (χ3v) is 3.41. The lowest BCUT2D eigenvalue weighted by atomic mass is 10.2. The molecule has 6 heteroatoms. The summed E-state index contributed by atoms with van der Waals surface area (Å²) in [7, 11) is -2.32. The van der Waals surface area contributed by atoms with E-state index in [1.165, 1.54) is 0 Å². The molecule has 0 heterocycles. The Kier molecular flexibility index (Phi) is 15.5. The molecule has 0 radical (unpaired) electrons. The minimum atomic E-state index is -2.32. The van der Waals surface area contributed by atoms with E-state index in [0.717, 1.165) is 38.5 Å². The van der Waals surface area contributed by atoms with Crippen LogP contribution in [0.25, 0.3) is 0 Å². The molecule has 0 fully saturated rings. The second-order valence-electron chi connectivity index (χ2n) is 3.40. The molecule has 0 rings (SSSR count). The van der Waals surface area contributed by atoms with E-state index in [9.17, 15) is 4.57 Å². The summed E-state index contributed by atoms with van der Waals surface area (Å²) in [6.45, 7) is 0.938. The topological polar surface area (TPSA) is 35.5 Å². The summed E-state index contributed by atoms with van der Waals surface area (Å²) in [5.74, 6) is 5.78. The molecule has 0 aliphatic rings. The van der Waals surface area contributed by atoms with E-state index >= 15 is 0 Å². The van der Waals surface area contributed by atoms with Gasteiger partial charge in [0.15, 0.2) is 0 Å². The number of hydrogen-bond donors (Lipinski definition) is 0. The lowest BCUT2D eigenvalue weighted by Crippen LogP contribution is -1.91. The van der Waals surface area contributed by atoms with E-state index in [1.807, 2.05) is 0 Å². The SMILES string of the molecule is O=[PH](OCCCCC#CBr)OCCCCC#CBr. The molecule has 0 spiro atoms. The predicted octanol–water partition coefficient (Wildman–Crippen LogP) is 4.46. The van der Waals surface area contributed by atoms with Gasteiger partial charge in [0.2, 0.25) is 0 Å². The fraction of sp³-hybridized carbons (Fsp3) is 0.667. The summed E-state index contributed by atoms with van der Waals surface area (Å²) >= 11 is 6.05. The molecule has 0 saturated heterocycles. The maximum atomic E-state index is 11.3. The van der Waals surface area contributed by atoms with Gasteiger partial charge in [0.1, 0.15) is 0 Å². The van der Waals surface area contributed by atoms with Crippen molar-refractivity contribution in [3.63, 3.8) is 0 Å². The molecule has 0 unspecified atom stereocenters. The molecule has 102 valence electrons. The van der Waals surface area contributed by atoms with Crippen molar-refractivity contribution in [3.8, 4) is 21.5 Å². The Bertz CT molecular complexity index is 307. The van der Waals surface area contributed by atoms with Crippen molar-refractivity contribution in [2.24, 2.45) is 0 Å². The standard InChI is InChI=1S/C12H17Br2O3P/c13-9-5-1-3-7-11-16-18(15)17-12-8-4-2-6-10-14/h18H,1-4,7-8,11-12H2. The van der Waals surface area contributed by atoms with E-state index in [2.05, 4.69) is 53.4 Å². The highest BCUT2D eigenvalue weighted by Crippen LogP contribution is 2.24. The van der Waals surface area contributed by atoms with Gasteiger partial charge >= 0.3 is 8.25 Å². The van der Waals surface area contributed by atoms with E-state index in [4.69, 9.17) is 9.05 Å². The smallest absolute Gasteiger partial charge is 0.311 e. The molecule has 0 aliphatic carbocycles. The van der Waals surface area contributed by atoms with Gasteiger partial charge in [-0.05, 0) is 35.3 Å². The number of hydrogen-bond acceptors (Lipinski definition) is 3. The maximum Gasteiger partial charge on any atom is 0.319 e. The van der Waals surface area contributed by atoms with Gasteiger partial charge in [0, 0.05) is 44.7 Å². The van der Waals surface area contributed by atoms with Crippen molar-refractivity contribution in [2.75, 3.05) is 13.2 Å². The number of rotatable bonds is 10. The average Bonchev–Trinajstić information content (AvgIpc) is 2.38. The van der Waals surface area contributed by atoms with Crippen LogP contribution in [0.4, 0.5) is 0 Å². The zero-order valence-electron chi connectivity index (χ0n) is 10.1. The molecular formula is C12H17Br2O3P. The monoisotopic (exact) mass is 398 g/mol. The summed E-state index contributed by atoms with van der Waals surface area (Å²) in [5, 5.41) is 0. The second kappa shape index (κ2) is 15.3. The summed E-state index contributed by atoms with van der Waals surface area (Å²) < 4.78 is 21.4. The highest BCUT2D eigenvalue weighted by molar-refractivity contribution is 9.12. The van der Waals surface area contributed by atoms with E-state index < -0.39 is 8.25 Å². The Morgan fingerprint density at radius 1 is 0.833 bits per heavy atom. The first-order valence-electron chi connectivity index (χ1n) is 5.77. The van der Waals surface area contributed by atoms with Crippen LogP contribution in [0.15, 0.2) is 0 Å². The lowest BCUT2D eigenvalue weighted by molar-refractivity contribution is 0.220. The van der Waals surface area contributed by atoms with Gasteiger partial charge < -0.3 is 9.05 Å². The summed E-state index contributed by atoms with van der Waals surface area (Å²) in [5.41, 5.74) is 0. The van der Waals surface area contributed by atoms with Crippen LogP contribution in [-0.2, 0) is 13.6 Å². The highest BCUT2D eigenvalue weighted by atomic mass is 79.9. The fourth-order valence-electron chi connectivity index (χ4n) is 1.08. The van der Waals surface area contributed by atoms with Crippen LogP contribution in [0.3, 0.4) is 0 Å². The molecule has 0 saturated carbocycles. The first-order chi connectivity index (χ1) is 8.81. The molecule has 0 amide bonds. The Morgan fingerprint density at radius 2 is 1.28 bits per heavy atom. The van der Waals surface area contributed by atoms with Crippen molar-refractivity contribution in [1.29, 1.82) is 0 Å². The third-order valence-electron chi connectivity index (χ3n) is 1.97. The van der Waals surface area contributed by atoms with Crippen LogP contribution < -0.4 is 0 Å². The van der Waals surface area contributed by atoms with Crippen LogP contribution >= 0.6 is 40.1 Å². The number of halogens is 2. The van der Waals surface area contributed by atoms with Gasteiger partial charge in [-0.3, -0.25) is 4.57 Å². The van der Waals surface area contributed by atoms with Crippen molar-refractivity contribution in [1.82, 2.24) is 0 Å². The maximum absolute atomic E-state index is 11.3. The fourth-order valence-corrected chi connectivity index (χ4v) is 2.18. The largest absolute Gasteiger partial charge is 0.319 e. The van der Waals surface area contributed by atoms with Crippen LogP contribution in [0.1, 0.15) is 38.5 Å². The normalized spacial score (nSPS) is 9.50. The van der Waals surface area contributed by atoms with Crippen LogP contribution in [-0.4, -0.2) is 13.2 Å². The molecule has 0 bridgehead atoms. The van der Waals surface area contributed by atoms with Crippen molar-refractivity contribution in [3.05, 3.63) is 0 Å². The lowest BCUT2D eigenvalue weighted by Gasteiger charge is -2.04. The van der Waals surface area contributed by atoms with Crippen molar-refractivity contribution in [2.45, 2.75) is 38.5 Å². The molecule has 0 aliphatic heterocycles. The van der Waals surface area contributed by atoms with Crippen LogP contribution in [0, 0.1) is 21.5 Å². The Morgan fingerprint density at radius 3 is 1.67 bits per heavy atom. The quantitative estimate of drug-likeness (QED) is 0.309. The van der Waals surface area contributed by atoms with Gasteiger partial charge in [-0.2, -0.15) is 0 Å². The van der Waals surface area contributed by atoms with Gasteiger partial charge in [-0.15, -0.1) is 0 Å². The zero-order valence-corrected chi connectivity index (χ0v) is 14.3. The van der Waals surface area contributed by atoms with Gasteiger partial charge in [0.25, 0.3) is 0 Å². The highest BCUT2D eigenvalue weighted by Gasteiger charge is 1.99. The molecule has 0 aromatic heterocycles. The summed E-state index contributed by atoms with van der Waals surface area (Å²) in [6, 6.07) is 0. The van der Waals surface area contributed by atoms with E-state index in [0.29, 0.717) is 13.2 Å². The molecule has 0 aromatic carbocycles. The minimum Gasteiger partial charge on any atom is -0.311 e. The molecule has 0 N–H and O–H groups in total. The van der Waals surface area contributed by atoms with Crippen molar-refractivity contribution >= 4 is 40.1 Å². The van der Waals surface area contributed by atoms with Gasteiger partial charge in [0.05, 0.1) is 13.2 Å². The zero-order chi connectivity index (χ0) is 13.5. The third kappa shape index (κ3) is 14.3. The molecule has 0 aromatic rings. The van der Waals surface area contributed by atoms with E-state index in [1.54, 1.807) is 0 Å². The Hall–Kier alpha value is 0.230. The first-order valence-corrected chi connectivity index (χ1v) is 8.59. The van der Waals surface area contributed by atoms with Crippen LogP contribution in [0.2, 0.25) is 0 Å². The minimum absolute atomic E-state index is 0.469. The molecular weight excluding hydrogens is 383 g/mol. The van der Waals surface area contributed by atoms with Crippen LogP contribution in [0.5, 0.6) is 0 Å². The molecule has 18 heavy (non-hydrogen) atoms. The molecule has 3 nitrogen and oxygen atoms in total. The summed E-state index contributed by atoms with van der Waals surface area (Å²) in [6.07, 6.45) is 5.23. The van der Waals surface area contributed by atoms with Gasteiger partial charge in [-0.1, -0.05) is 11.8 Å². The average molecular weight is 400 g/mol. The predicted molar refractivity (Wildman–Crippen MR) is 82.0 cm³/mol. The van der Waals surface area contributed by atoms with E-state index in [-0.39, 0.29) is 0 Å². The number of unbranched alkanes of at least 4 members (excludes halogenated alkanes) is 4. The first kappa shape index (κ1) is 18.2. The molecule has 0 atom stereocenters. The Balaban J connectivity index is 3.25. The second-order valence-corrected chi connectivity index (χ2v) is 5.27. The van der Waals surface area contributed by atoms with Gasteiger partial charge in [-0.25, -0.2) is 0 Å². The Labute approximate surface area is 127 Å². The summed E-state index contributed by atoms with van der Waals surface area (Å²) in [4.78, 5) is 5.29. The van der Waals surface area contributed by atoms with Crippen molar-refractivity contribution < 1.29 is 13.6 Å².